The zero-order chi connectivity index (χ0) is 13.8. The van der Waals surface area contributed by atoms with E-state index in [2.05, 4.69) is 0 Å². The lowest BCUT2D eigenvalue weighted by Gasteiger charge is -2.06. The highest BCUT2D eigenvalue weighted by Gasteiger charge is 2.13. The maximum atomic E-state index is 13.8. The molecule has 2 aromatic rings. The van der Waals surface area contributed by atoms with Gasteiger partial charge in [0.25, 0.3) is 0 Å². The van der Waals surface area contributed by atoms with E-state index in [-0.39, 0.29) is 16.2 Å². The number of aryl methyl sites for hydroxylation is 1. The Balaban J connectivity index is 2.62. The summed E-state index contributed by atoms with van der Waals surface area (Å²) >= 11 is 6.20. The second-order valence-electron chi connectivity index (χ2n) is 4.15. The smallest absolute Gasteiger partial charge is 0.131 e. The Kier molecular flexibility index (Phi) is 3.99. The molecule has 0 aliphatic heterocycles. The predicted molar refractivity (Wildman–Crippen MR) is 75.9 cm³/mol. The standard InChI is InChI=1S/C16H11ClFN/c1-11-7-8-15(18)13(9-11)16(17)14(10-19)12-5-3-2-4-6-12/h2-9H,1H3/b16-14-. The number of nitrogens with zero attached hydrogens (tertiary/aromatic N) is 1. The lowest BCUT2D eigenvalue weighted by molar-refractivity contribution is 0.624. The van der Waals surface area contributed by atoms with Crippen molar-refractivity contribution in [1.29, 1.82) is 5.26 Å². The van der Waals surface area contributed by atoms with Gasteiger partial charge in [0, 0.05) is 5.56 Å². The van der Waals surface area contributed by atoms with E-state index in [1.807, 2.05) is 31.2 Å². The van der Waals surface area contributed by atoms with Gasteiger partial charge in [-0.1, -0.05) is 53.6 Å². The molecule has 3 heteroatoms. The number of hydrogen-bond donors (Lipinski definition) is 0. The molecule has 2 rings (SSSR count). The van der Waals surface area contributed by atoms with Crippen molar-refractivity contribution in [3.05, 3.63) is 71.0 Å². The van der Waals surface area contributed by atoms with Crippen LogP contribution in [0.25, 0.3) is 10.6 Å². The highest BCUT2D eigenvalue weighted by molar-refractivity contribution is 6.53. The van der Waals surface area contributed by atoms with E-state index >= 15 is 0 Å². The van der Waals surface area contributed by atoms with Crippen molar-refractivity contribution in [1.82, 2.24) is 0 Å². The Bertz CT molecular complexity index is 669. The minimum absolute atomic E-state index is 0.134. The molecule has 0 saturated carbocycles. The Hall–Kier alpha value is -2.11. The lowest BCUT2D eigenvalue weighted by atomic mass is 10.0. The molecule has 0 unspecified atom stereocenters. The van der Waals surface area contributed by atoms with Gasteiger partial charge in [-0.25, -0.2) is 4.39 Å². The van der Waals surface area contributed by atoms with E-state index in [1.54, 1.807) is 24.3 Å². The molecule has 0 aromatic heterocycles. The first-order valence-corrected chi connectivity index (χ1v) is 6.13. The fraction of sp³-hybridized carbons (Fsp3) is 0.0625. The van der Waals surface area contributed by atoms with E-state index in [9.17, 15) is 9.65 Å². The van der Waals surface area contributed by atoms with E-state index in [0.29, 0.717) is 5.56 Å². The molecule has 0 spiro atoms. The Labute approximate surface area is 116 Å². The normalized spacial score (nSPS) is 11.7. The summed E-state index contributed by atoms with van der Waals surface area (Å²) in [6, 6.07) is 15.7. The van der Waals surface area contributed by atoms with E-state index in [4.69, 9.17) is 11.6 Å². The van der Waals surface area contributed by atoms with E-state index < -0.39 is 5.82 Å². The van der Waals surface area contributed by atoms with Crippen molar-refractivity contribution in [2.45, 2.75) is 6.92 Å². The molecule has 0 N–H and O–H groups in total. The van der Waals surface area contributed by atoms with Gasteiger partial charge in [0.2, 0.25) is 0 Å². The fourth-order valence-corrected chi connectivity index (χ4v) is 2.08. The Morgan fingerprint density at radius 2 is 1.84 bits per heavy atom. The molecule has 19 heavy (non-hydrogen) atoms. The molecule has 0 atom stereocenters. The summed E-state index contributed by atoms with van der Waals surface area (Å²) in [6.07, 6.45) is 0. The Morgan fingerprint density at radius 1 is 1.16 bits per heavy atom. The maximum Gasteiger partial charge on any atom is 0.131 e. The highest BCUT2D eigenvalue weighted by Crippen LogP contribution is 2.31. The summed E-state index contributed by atoms with van der Waals surface area (Å²) in [4.78, 5) is 0. The molecule has 0 aliphatic rings. The molecule has 0 aliphatic carbocycles. The zero-order valence-electron chi connectivity index (χ0n) is 10.3. The van der Waals surface area contributed by atoms with Gasteiger partial charge in [-0.05, 0) is 24.6 Å². The van der Waals surface area contributed by atoms with Crippen LogP contribution in [0.5, 0.6) is 0 Å². The van der Waals surface area contributed by atoms with Crippen LogP contribution in [0.4, 0.5) is 4.39 Å². The SMILES string of the molecule is Cc1ccc(F)c(/C(Cl)=C(\C#N)c2ccccc2)c1. The van der Waals surface area contributed by atoms with Gasteiger partial charge in [-0.15, -0.1) is 0 Å². The zero-order valence-corrected chi connectivity index (χ0v) is 11.1. The van der Waals surface area contributed by atoms with Crippen LogP contribution in [0.1, 0.15) is 16.7 Å². The number of halogens is 2. The van der Waals surface area contributed by atoms with Crippen molar-refractivity contribution in [3.63, 3.8) is 0 Å². The van der Waals surface area contributed by atoms with Crippen molar-refractivity contribution in [2.75, 3.05) is 0 Å². The van der Waals surface area contributed by atoms with Gasteiger partial charge in [0.05, 0.1) is 10.6 Å². The third-order valence-electron chi connectivity index (χ3n) is 2.75. The highest BCUT2D eigenvalue weighted by atomic mass is 35.5. The monoisotopic (exact) mass is 271 g/mol. The number of allylic oxidation sites excluding steroid dienone is 1. The largest absolute Gasteiger partial charge is 0.206 e. The van der Waals surface area contributed by atoms with Crippen LogP contribution in [0.15, 0.2) is 48.5 Å². The van der Waals surface area contributed by atoms with Crippen LogP contribution in [-0.4, -0.2) is 0 Å². The number of nitriles is 1. The van der Waals surface area contributed by atoms with Gasteiger partial charge in [0.1, 0.15) is 11.9 Å². The number of benzene rings is 2. The van der Waals surface area contributed by atoms with Gasteiger partial charge in [-0.2, -0.15) is 5.26 Å². The van der Waals surface area contributed by atoms with Crippen molar-refractivity contribution in [3.8, 4) is 6.07 Å². The molecular formula is C16H11ClFN. The second kappa shape index (κ2) is 5.69. The minimum atomic E-state index is -0.431. The summed E-state index contributed by atoms with van der Waals surface area (Å²) in [7, 11) is 0. The van der Waals surface area contributed by atoms with Crippen LogP contribution in [0.2, 0.25) is 0 Å². The molecule has 0 saturated heterocycles. The fourth-order valence-electron chi connectivity index (χ4n) is 1.79. The van der Waals surface area contributed by atoms with E-state index in [0.717, 1.165) is 5.56 Å². The number of hydrogen-bond acceptors (Lipinski definition) is 1. The third kappa shape index (κ3) is 2.83. The van der Waals surface area contributed by atoms with Crippen molar-refractivity contribution >= 4 is 22.2 Å². The molecule has 0 bridgehead atoms. The summed E-state index contributed by atoms with van der Waals surface area (Å²) in [5, 5.41) is 9.39. The summed E-state index contributed by atoms with van der Waals surface area (Å²) in [5.41, 5.74) is 2.09. The first-order chi connectivity index (χ1) is 9.13. The molecule has 0 radical (unpaired) electrons. The quantitative estimate of drug-likeness (QED) is 0.570. The molecule has 0 amide bonds. The average Bonchev–Trinajstić information content (AvgIpc) is 2.43. The average molecular weight is 272 g/mol. The van der Waals surface area contributed by atoms with Gasteiger partial charge < -0.3 is 0 Å². The minimum Gasteiger partial charge on any atom is -0.206 e. The number of rotatable bonds is 2. The van der Waals surface area contributed by atoms with Crippen molar-refractivity contribution in [2.24, 2.45) is 0 Å². The topological polar surface area (TPSA) is 23.8 Å². The van der Waals surface area contributed by atoms with E-state index in [1.165, 1.54) is 6.07 Å². The lowest BCUT2D eigenvalue weighted by Crippen LogP contribution is -1.91. The third-order valence-corrected chi connectivity index (χ3v) is 3.14. The van der Waals surface area contributed by atoms with Gasteiger partial charge in [-0.3, -0.25) is 0 Å². The molecule has 1 nitrogen and oxygen atoms in total. The molecular weight excluding hydrogens is 261 g/mol. The molecule has 0 heterocycles. The van der Waals surface area contributed by atoms with Crippen LogP contribution in [0.3, 0.4) is 0 Å². The van der Waals surface area contributed by atoms with Crippen molar-refractivity contribution < 1.29 is 4.39 Å². The second-order valence-corrected chi connectivity index (χ2v) is 4.53. The predicted octanol–water partition coefficient (Wildman–Crippen LogP) is 4.76. The van der Waals surface area contributed by atoms with Crippen LogP contribution >= 0.6 is 11.6 Å². The van der Waals surface area contributed by atoms with Gasteiger partial charge in [0.15, 0.2) is 0 Å². The first kappa shape index (κ1) is 13.3. The van der Waals surface area contributed by atoms with Gasteiger partial charge >= 0.3 is 0 Å². The van der Waals surface area contributed by atoms with Crippen LogP contribution < -0.4 is 0 Å². The molecule has 0 fully saturated rings. The summed E-state index contributed by atoms with van der Waals surface area (Å²) in [5.74, 6) is -0.431. The molecule has 94 valence electrons. The summed E-state index contributed by atoms with van der Waals surface area (Å²) < 4.78 is 13.8. The molecule has 2 aromatic carbocycles. The Morgan fingerprint density at radius 3 is 2.47 bits per heavy atom. The first-order valence-electron chi connectivity index (χ1n) is 5.75. The summed E-state index contributed by atoms with van der Waals surface area (Å²) in [6.45, 7) is 1.85. The van der Waals surface area contributed by atoms with Crippen LogP contribution in [-0.2, 0) is 0 Å². The maximum absolute atomic E-state index is 13.8. The van der Waals surface area contributed by atoms with Crippen LogP contribution in [0, 0.1) is 24.1 Å².